The summed E-state index contributed by atoms with van der Waals surface area (Å²) in [6.45, 7) is 0.411. The number of rotatable bonds is 6. The van der Waals surface area contributed by atoms with Crippen LogP contribution in [0.3, 0.4) is 0 Å². The molecule has 0 aromatic heterocycles. The molecule has 0 aliphatic carbocycles. The van der Waals surface area contributed by atoms with E-state index >= 15 is 0 Å². The lowest BCUT2D eigenvalue weighted by atomic mass is 10.2. The maximum absolute atomic E-state index is 10.5. The van der Waals surface area contributed by atoms with E-state index in [-0.39, 0.29) is 12.5 Å². The minimum absolute atomic E-state index is 0.0419. The first-order valence-electron chi connectivity index (χ1n) is 5.14. The predicted octanol–water partition coefficient (Wildman–Crippen LogP) is 1.46. The Balaban J connectivity index is 2.48. The Morgan fingerprint density at radius 3 is 2.65 bits per heavy atom. The third kappa shape index (κ3) is 4.53. The zero-order chi connectivity index (χ0) is 12.7. The van der Waals surface area contributed by atoms with Crippen LogP contribution in [0.5, 0.6) is 0 Å². The maximum atomic E-state index is 10.5. The maximum Gasteiger partial charge on any atom is 0.306 e. The summed E-state index contributed by atoms with van der Waals surface area (Å²) in [5.74, 6) is -0.890. The number of ether oxygens (including phenoxy) is 1. The fourth-order valence-electron chi connectivity index (χ4n) is 1.33. The van der Waals surface area contributed by atoms with Crippen molar-refractivity contribution < 1.29 is 14.6 Å². The number of carboxylic acids is 1. The van der Waals surface area contributed by atoms with Gasteiger partial charge in [0.05, 0.1) is 24.2 Å². The number of carbonyl (C=O) groups is 1. The standard InChI is InChI=1S/C12H14N2O3/c1-17-11(6-12(15)16)8-14-10-4-2-9(7-13)3-5-10/h2-5,11,14H,6,8H2,1H3,(H,15,16). The summed E-state index contributed by atoms with van der Waals surface area (Å²) in [6.07, 6.45) is -0.414. The van der Waals surface area contributed by atoms with Crippen molar-refractivity contribution in [3.8, 4) is 6.07 Å². The third-order valence-corrected chi connectivity index (χ3v) is 2.28. The van der Waals surface area contributed by atoms with E-state index in [1.54, 1.807) is 24.3 Å². The van der Waals surface area contributed by atoms with Crippen molar-refractivity contribution in [1.29, 1.82) is 5.26 Å². The Morgan fingerprint density at radius 1 is 1.53 bits per heavy atom. The van der Waals surface area contributed by atoms with Gasteiger partial charge in [0.15, 0.2) is 0 Å². The number of nitrogens with zero attached hydrogens (tertiary/aromatic N) is 1. The summed E-state index contributed by atoms with van der Waals surface area (Å²) in [5.41, 5.74) is 1.42. The van der Waals surface area contributed by atoms with Crippen molar-refractivity contribution >= 4 is 11.7 Å². The van der Waals surface area contributed by atoms with E-state index in [1.807, 2.05) is 6.07 Å². The van der Waals surface area contributed by atoms with Gasteiger partial charge in [0, 0.05) is 19.3 Å². The fraction of sp³-hybridized carbons (Fsp3) is 0.333. The summed E-state index contributed by atoms with van der Waals surface area (Å²) in [6, 6.07) is 8.96. The van der Waals surface area contributed by atoms with Crippen LogP contribution in [0.25, 0.3) is 0 Å². The van der Waals surface area contributed by atoms with Crippen molar-refractivity contribution in [3.05, 3.63) is 29.8 Å². The van der Waals surface area contributed by atoms with Crippen LogP contribution in [-0.2, 0) is 9.53 Å². The van der Waals surface area contributed by atoms with Gasteiger partial charge in [-0.3, -0.25) is 4.79 Å². The number of anilines is 1. The van der Waals surface area contributed by atoms with Gasteiger partial charge in [-0.15, -0.1) is 0 Å². The van der Waals surface area contributed by atoms with Gasteiger partial charge in [0.2, 0.25) is 0 Å². The van der Waals surface area contributed by atoms with Crippen LogP contribution in [0, 0.1) is 11.3 Å². The highest BCUT2D eigenvalue weighted by atomic mass is 16.5. The summed E-state index contributed by atoms with van der Waals surface area (Å²) < 4.78 is 5.03. The number of methoxy groups -OCH3 is 1. The van der Waals surface area contributed by atoms with Crippen LogP contribution in [0.15, 0.2) is 24.3 Å². The van der Waals surface area contributed by atoms with E-state index in [1.165, 1.54) is 7.11 Å². The molecule has 2 N–H and O–H groups in total. The van der Waals surface area contributed by atoms with Gasteiger partial charge >= 0.3 is 5.97 Å². The molecule has 1 unspecified atom stereocenters. The second-order valence-corrected chi connectivity index (χ2v) is 3.53. The van der Waals surface area contributed by atoms with Gasteiger partial charge in [0.25, 0.3) is 0 Å². The lowest BCUT2D eigenvalue weighted by Crippen LogP contribution is -2.24. The van der Waals surface area contributed by atoms with E-state index < -0.39 is 5.97 Å². The highest BCUT2D eigenvalue weighted by Crippen LogP contribution is 2.09. The van der Waals surface area contributed by atoms with E-state index in [9.17, 15) is 4.79 Å². The van der Waals surface area contributed by atoms with E-state index in [0.717, 1.165) is 5.69 Å². The number of hydrogen-bond acceptors (Lipinski definition) is 4. The minimum atomic E-state index is -0.890. The Hall–Kier alpha value is -2.06. The molecule has 1 rings (SSSR count). The zero-order valence-corrected chi connectivity index (χ0v) is 9.51. The van der Waals surface area contributed by atoms with Gasteiger partial charge in [-0.2, -0.15) is 5.26 Å². The van der Waals surface area contributed by atoms with E-state index in [2.05, 4.69) is 5.32 Å². The van der Waals surface area contributed by atoms with Crippen LogP contribution in [0.1, 0.15) is 12.0 Å². The molecule has 0 heterocycles. The molecular formula is C12H14N2O3. The molecular weight excluding hydrogens is 220 g/mol. The minimum Gasteiger partial charge on any atom is -0.481 e. The number of benzene rings is 1. The molecule has 90 valence electrons. The number of nitriles is 1. The largest absolute Gasteiger partial charge is 0.481 e. The summed E-state index contributed by atoms with van der Waals surface area (Å²) in [5, 5.41) is 20.3. The quantitative estimate of drug-likeness (QED) is 0.778. The second kappa shape index (κ2) is 6.51. The van der Waals surface area contributed by atoms with Gasteiger partial charge in [-0.05, 0) is 24.3 Å². The fourth-order valence-corrected chi connectivity index (χ4v) is 1.33. The van der Waals surface area contributed by atoms with Crippen molar-refractivity contribution in [2.24, 2.45) is 0 Å². The molecule has 1 aromatic rings. The lowest BCUT2D eigenvalue weighted by Gasteiger charge is -2.14. The normalized spacial score (nSPS) is 11.5. The predicted molar refractivity (Wildman–Crippen MR) is 62.7 cm³/mol. The first kappa shape index (κ1) is 13.0. The molecule has 17 heavy (non-hydrogen) atoms. The molecule has 0 saturated carbocycles. The first-order valence-corrected chi connectivity index (χ1v) is 5.14. The summed E-state index contributed by atoms with van der Waals surface area (Å²) in [7, 11) is 1.48. The average Bonchev–Trinajstić information content (AvgIpc) is 2.34. The van der Waals surface area contributed by atoms with Gasteiger partial charge < -0.3 is 15.2 Å². The molecule has 0 radical (unpaired) electrons. The molecule has 5 nitrogen and oxygen atoms in total. The third-order valence-electron chi connectivity index (χ3n) is 2.28. The highest BCUT2D eigenvalue weighted by molar-refractivity contribution is 5.67. The van der Waals surface area contributed by atoms with Crippen LogP contribution < -0.4 is 5.32 Å². The molecule has 0 aliphatic rings. The summed E-state index contributed by atoms with van der Waals surface area (Å²) in [4.78, 5) is 10.5. The Morgan fingerprint density at radius 2 is 2.18 bits per heavy atom. The number of aliphatic carboxylic acids is 1. The average molecular weight is 234 g/mol. The Labute approximate surface area is 99.6 Å². The van der Waals surface area contributed by atoms with Crippen LogP contribution >= 0.6 is 0 Å². The molecule has 0 spiro atoms. The molecule has 1 atom stereocenters. The molecule has 0 fully saturated rings. The number of carboxylic acid groups (broad SMARTS) is 1. The molecule has 0 aliphatic heterocycles. The number of hydrogen-bond donors (Lipinski definition) is 2. The van der Waals surface area contributed by atoms with Crippen LogP contribution in [0.4, 0.5) is 5.69 Å². The topological polar surface area (TPSA) is 82.3 Å². The van der Waals surface area contributed by atoms with Crippen LogP contribution in [0.2, 0.25) is 0 Å². The second-order valence-electron chi connectivity index (χ2n) is 3.53. The monoisotopic (exact) mass is 234 g/mol. The van der Waals surface area contributed by atoms with Crippen LogP contribution in [-0.4, -0.2) is 30.8 Å². The van der Waals surface area contributed by atoms with Crippen molar-refractivity contribution in [2.45, 2.75) is 12.5 Å². The van der Waals surface area contributed by atoms with Crippen molar-refractivity contribution in [3.63, 3.8) is 0 Å². The highest BCUT2D eigenvalue weighted by Gasteiger charge is 2.11. The van der Waals surface area contributed by atoms with E-state index in [0.29, 0.717) is 12.1 Å². The zero-order valence-electron chi connectivity index (χ0n) is 9.51. The molecule has 0 saturated heterocycles. The first-order chi connectivity index (χ1) is 8.15. The smallest absolute Gasteiger partial charge is 0.306 e. The Bertz CT molecular complexity index is 409. The van der Waals surface area contributed by atoms with Gasteiger partial charge in [0.1, 0.15) is 0 Å². The SMILES string of the molecule is COC(CNc1ccc(C#N)cc1)CC(=O)O. The summed E-state index contributed by atoms with van der Waals surface area (Å²) >= 11 is 0. The van der Waals surface area contributed by atoms with E-state index in [4.69, 9.17) is 15.1 Å². The molecule has 5 heteroatoms. The molecule has 1 aromatic carbocycles. The van der Waals surface area contributed by atoms with Crippen molar-refractivity contribution in [2.75, 3.05) is 19.0 Å². The van der Waals surface area contributed by atoms with Gasteiger partial charge in [-0.1, -0.05) is 0 Å². The van der Waals surface area contributed by atoms with Crippen molar-refractivity contribution in [1.82, 2.24) is 0 Å². The molecule has 0 bridgehead atoms. The molecule has 0 amide bonds. The van der Waals surface area contributed by atoms with Gasteiger partial charge in [-0.25, -0.2) is 0 Å². The Kier molecular flexibility index (Phi) is 4.98. The lowest BCUT2D eigenvalue weighted by molar-refractivity contribution is -0.139. The number of nitrogens with one attached hydrogen (secondary N) is 1.